The van der Waals surface area contributed by atoms with Gasteiger partial charge in [0.25, 0.3) is 10.0 Å². The first kappa shape index (κ1) is 12.5. The quantitative estimate of drug-likeness (QED) is 0.894. The summed E-state index contributed by atoms with van der Waals surface area (Å²) in [6.07, 6.45) is 0.0372. The smallest absolute Gasteiger partial charge is 0.303 e. The molecular weight excluding hydrogens is 262 g/mol. The highest BCUT2D eigenvalue weighted by atomic mass is 32.2. The molecule has 1 aliphatic rings. The Morgan fingerprint density at radius 2 is 2.18 bits per heavy atom. The number of sulfonamides is 1. The zero-order valence-corrected chi connectivity index (χ0v) is 10.9. The number of thiophene rings is 1. The van der Waals surface area contributed by atoms with Crippen LogP contribution in [0.15, 0.2) is 16.3 Å². The Morgan fingerprint density at radius 3 is 2.65 bits per heavy atom. The Balaban J connectivity index is 2.03. The highest BCUT2D eigenvalue weighted by molar-refractivity contribution is 7.91. The normalized spacial score (nSPS) is 17.9. The van der Waals surface area contributed by atoms with Gasteiger partial charge < -0.3 is 5.11 Å². The fourth-order valence-electron chi connectivity index (χ4n) is 1.77. The number of carboxylic acids is 1. The van der Waals surface area contributed by atoms with Crippen molar-refractivity contribution in [2.24, 2.45) is 5.92 Å². The number of carbonyl (C=O) groups is 1. The van der Waals surface area contributed by atoms with E-state index in [1.807, 2.05) is 6.92 Å². The first-order valence-electron chi connectivity index (χ1n) is 5.18. The summed E-state index contributed by atoms with van der Waals surface area (Å²) in [6.45, 7) is 2.48. The van der Waals surface area contributed by atoms with Gasteiger partial charge in [0.2, 0.25) is 0 Å². The molecule has 0 atom stereocenters. The number of rotatable bonds is 4. The molecule has 0 radical (unpaired) electrons. The second kappa shape index (κ2) is 4.40. The van der Waals surface area contributed by atoms with Crippen LogP contribution in [0.25, 0.3) is 0 Å². The van der Waals surface area contributed by atoms with E-state index >= 15 is 0 Å². The molecule has 5 nitrogen and oxygen atoms in total. The van der Waals surface area contributed by atoms with E-state index in [0.717, 1.165) is 4.88 Å². The predicted octanol–water partition coefficient (Wildman–Crippen LogP) is 1.15. The minimum Gasteiger partial charge on any atom is -0.481 e. The van der Waals surface area contributed by atoms with Gasteiger partial charge in [0, 0.05) is 18.0 Å². The van der Waals surface area contributed by atoms with Crippen LogP contribution in [-0.2, 0) is 14.8 Å². The summed E-state index contributed by atoms with van der Waals surface area (Å²) in [7, 11) is -3.39. The molecule has 17 heavy (non-hydrogen) atoms. The molecule has 2 heterocycles. The second-order valence-electron chi connectivity index (χ2n) is 4.15. The van der Waals surface area contributed by atoms with E-state index in [4.69, 9.17) is 5.11 Å². The Labute approximate surface area is 104 Å². The van der Waals surface area contributed by atoms with Crippen molar-refractivity contribution in [3.8, 4) is 0 Å². The molecule has 0 aromatic carbocycles. The van der Waals surface area contributed by atoms with Crippen LogP contribution in [0.1, 0.15) is 11.3 Å². The Morgan fingerprint density at radius 1 is 1.53 bits per heavy atom. The monoisotopic (exact) mass is 275 g/mol. The number of nitrogens with zero attached hydrogens (tertiary/aromatic N) is 1. The molecule has 0 bridgehead atoms. The van der Waals surface area contributed by atoms with Crippen molar-refractivity contribution in [3.05, 3.63) is 17.0 Å². The van der Waals surface area contributed by atoms with Crippen molar-refractivity contribution >= 4 is 27.3 Å². The lowest BCUT2D eigenvalue weighted by Crippen LogP contribution is -2.50. The van der Waals surface area contributed by atoms with Gasteiger partial charge in [-0.2, -0.15) is 4.31 Å². The Bertz CT molecular complexity index is 528. The van der Waals surface area contributed by atoms with E-state index in [0.29, 0.717) is 17.3 Å². The summed E-state index contributed by atoms with van der Waals surface area (Å²) >= 11 is 1.24. The van der Waals surface area contributed by atoms with Crippen LogP contribution >= 0.6 is 11.3 Å². The van der Waals surface area contributed by atoms with Crippen LogP contribution < -0.4 is 0 Å². The molecule has 1 fully saturated rings. The fraction of sp³-hybridized carbons (Fsp3) is 0.500. The van der Waals surface area contributed by atoms with Crippen LogP contribution in [0.4, 0.5) is 0 Å². The highest BCUT2D eigenvalue weighted by Crippen LogP contribution is 2.30. The molecule has 94 valence electrons. The van der Waals surface area contributed by atoms with Crippen molar-refractivity contribution in [3.63, 3.8) is 0 Å². The second-order valence-corrected chi connectivity index (χ2v) is 7.60. The standard InChI is InChI=1S/C10H13NO4S2/c1-7-2-3-10(16-7)17(14,15)11-5-8(6-11)4-9(12)13/h2-3,8H,4-6H2,1H3,(H,12,13). The summed E-state index contributed by atoms with van der Waals surface area (Å²) in [5, 5.41) is 8.59. The first-order valence-corrected chi connectivity index (χ1v) is 7.43. The molecule has 0 unspecified atom stereocenters. The van der Waals surface area contributed by atoms with E-state index in [2.05, 4.69) is 0 Å². The predicted molar refractivity (Wildman–Crippen MR) is 63.6 cm³/mol. The molecule has 1 aliphatic heterocycles. The average Bonchev–Trinajstić information content (AvgIpc) is 2.57. The topological polar surface area (TPSA) is 74.7 Å². The number of carboxylic acid groups (broad SMARTS) is 1. The summed E-state index contributed by atoms with van der Waals surface area (Å²) in [6, 6.07) is 3.37. The molecule has 1 aromatic heterocycles. The zero-order valence-electron chi connectivity index (χ0n) is 9.29. The first-order chi connectivity index (χ1) is 7.89. The summed E-state index contributed by atoms with van der Waals surface area (Å²) in [5.41, 5.74) is 0. The SMILES string of the molecule is Cc1ccc(S(=O)(=O)N2CC(CC(=O)O)C2)s1. The molecule has 0 amide bonds. The molecule has 1 aromatic rings. The van der Waals surface area contributed by atoms with Gasteiger partial charge in [-0.25, -0.2) is 8.42 Å². The van der Waals surface area contributed by atoms with Crippen molar-refractivity contribution in [1.29, 1.82) is 0 Å². The summed E-state index contributed by atoms with van der Waals surface area (Å²) in [5.74, 6) is -0.928. The van der Waals surface area contributed by atoms with Gasteiger partial charge in [-0.3, -0.25) is 4.79 Å². The van der Waals surface area contributed by atoms with Gasteiger partial charge in [-0.05, 0) is 25.0 Å². The van der Waals surface area contributed by atoms with Crippen LogP contribution in [0.2, 0.25) is 0 Å². The van der Waals surface area contributed by atoms with E-state index in [-0.39, 0.29) is 12.3 Å². The molecule has 7 heteroatoms. The van der Waals surface area contributed by atoms with Gasteiger partial charge in [0.15, 0.2) is 0 Å². The number of aryl methyl sites for hydroxylation is 1. The third-order valence-corrected chi connectivity index (χ3v) is 6.00. The highest BCUT2D eigenvalue weighted by Gasteiger charge is 2.38. The number of aliphatic carboxylic acids is 1. The maximum absolute atomic E-state index is 12.0. The maximum atomic E-state index is 12.0. The lowest BCUT2D eigenvalue weighted by molar-refractivity contribution is -0.139. The average molecular weight is 275 g/mol. The van der Waals surface area contributed by atoms with Crippen LogP contribution in [0, 0.1) is 12.8 Å². The van der Waals surface area contributed by atoms with Crippen molar-refractivity contribution in [1.82, 2.24) is 4.31 Å². The van der Waals surface area contributed by atoms with Gasteiger partial charge in [0.1, 0.15) is 4.21 Å². The summed E-state index contributed by atoms with van der Waals surface area (Å²) in [4.78, 5) is 11.4. The maximum Gasteiger partial charge on any atom is 0.303 e. The van der Waals surface area contributed by atoms with Crippen molar-refractivity contribution < 1.29 is 18.3 Å². The molecule has 0 spiro atoms. The minimum absolute atomic E-state index is 0.0372. The molecule has 0 aliphatic carbocycles. The van der Waals surface area contributed by atoms with Crippen LogP contribution in [-0.4, -0.2) is 36.9 Å². The number of hydrogen-bond donors (Lipinski definition) is 1. The molecule has 2 rings (SSSR count). The third-order valence-electron chi connectivity index (χ3n) is 2.70. The Hall–Kier alpha value is -0.920. The van der Waals surface area contributed by atoms with Crippen molar-refractivity contribution in [2.75, 3.05) is 13.1 Å². The minimum atomic E-state index is -3.39. The van der Waals surface area contributed by atoms with Crippen molar-refractivity contribution in [2.45, 2.75) is 17.6 Å². The van der Waals surface area contributed by atoms with Crippen LogP contribution in [0.5, 0.6) is 0 Å². The molecule has 1 N–H and O–H groups in total. The van der Waals surface area contributed by atoms with E-state index in [1.54, 1.807) is 12.1 Å². The largest absolute Gasteiger partial charge is 0.481 e. The Kier molecular flexibility index (Phi) is 3.24. The lowest BCUT2D eigenvalue weighted by atomic mass is 10.00. The van der Waals surface area contributed by atoms with Crippen LogP contribution in [0.3, 0.4) is 0 Å². The number of hydrogen-bond acceptors (Lipinski definition) is 4. The lowest BCUT2D eigenvalue weighted by Gasteiger charge is -2.36. The van der Waals surface area contributed by atoms with Gasteiger partial charge in [-0.15, -0.1) is 11.3 Å². The third kappa shape index (κ3) is 2.51. The van der Waals surface area contributed by atoms with Gasteiger partial charge >= 0.3 is 5.97 Å². The summed E-state index contributed by atoms with van der Waals surface area (Å²) < 4.78 is 25.8. The fourth-order valence-corrected chi connectivity index (χ4v) is 4.80. The zero-order chi connectivity index (χ0) is 12.6. The van der Waals surface area contributed by atoms with Gasteiger partial charge in [-0.1, -0.05) is 0 Å². The molecular formula is C10H13NO4S2. The molecule has 0 saturated carbocycles. The van der Waals surface area contributed by atoms with E-state index < -0.39 is 16.0 Å². The van der Waals surface area contributed by atoms with Gasteiger partial charge in [0.05, 0.1) is 6.42 Å². The van der Waals surface area contributed by atoms with E-state index in [9.17, 15) is 13.2 Å². The van der Waals surface area contributed by atoms with E-state index in [1.165, 1.54) is 15.6 Å². The molecule has 1 saturated heterocycles.